The van der Waals surface area contributed by atoms with Crippen molar-refractivity contribution in [2.75, 3.05) is 44.3 Å². The van der Waals surface area contributed by atoms with Gasteiger partial charge in [-0.1, -0.05) is 12.1 Å². The molecule has 1 N–H and O–H groups in total. The minimum Gasteiger partial charge on any atom is -0.392 e. The van der Waals surface area contributed by atoms with Crippen LogP contribution in [0.15, 0.2) is 18.2 Å². The van der Waals surface area contributed by atoms with Crippen molar-refractivity contribution in [3.8, 4) is 0 Å². The maximum absolute atomic E-state index is 14.3. The molecule has 6 heteroatoms. The Morgan fingerprint density at radius 3 is 2.58 bits per heavy atom. The summed E-state index contributed by atoms with van der Waals surface area (Å²) in [6.07, 6.45) is 2.52. The van der Waals surface area contributed by atoms with E-state index in [1.807, 2.05) is 9.80 Å². The summed E-state index contributed by atoms with van der Waals surface area (Å²) in [7, 11) is 0. The van der Waals surface area contributed by atoms with Crippen molar-refractivity contribution in [2.45, 2.75) is 25.9 Å². The molecule has 1 aromatic carbocycles. The van der Waals surface area contributed by atoms with E-state index in [1.165, 1.54) is 0 Å². The monoisotopic (exact) mass is 336 g/mol. The fourth-order valence-corrected chi connectivity index (χ4v) is 3.46. The van der Waals surface area contributed by atoms with Gasteiger partial charge in [0.05, 0.1) is 12.3 Å². The second kappa shape index (κ2) is 7.94. The Bertz CT molecular complexity index is 567. The predicted molar refractivity (Wildman–Crippen MR) is 89.3 cm³/mol. The van der Waals surface area contributed by atoms with E-state index in [0.29, 0.717) is 49.8 Å². The first kappa shape index (κ1) is 17.2. The molecule has 132 valence electrons. The number of amides is 1. The first-order valence-corrected chi connectivity index (χ1v) is 8.67. The van der Waals surface area contributed by atoms with Crippen molar-refractivity contribution in [3.63, 3.8) is 0 Å². The van der Waals surface area contributed by atoms with Crippen molar-refractivity contribution < 1.29 is 19.0 Å². The van der Waals surface area contributed by atoms with Gasteiger partial charge in [-0.15, -0.1) is 0 Å². The molecule has 0 bridgehead atoms. The maximum atomic E-state index is 14.3. The summed E-state index contributed by atoms with van der Waals surface area (Å²) in [5.41, 5.74) is 0.823. The summed E-state index contributed by atoms with van der Waals surface area (Å²) in [6.45, 7) is 3.67. The zero-order chi connectivity index (χ0) is 16.9. The second-order valence-electron chi connectivity index (χ2n) is 6.54. The highest BCUT2D eigenvalue weighted by atomic mass is 19.1. The summed E-state index contributed by atoms with van der Waals surface area (Å²) in [5.74, 6) is 0.274. The number of piperazine rings is 1. The van der Waals surface area contributed by atoms with E-state index in [9.17, 15) is 14.3 Å². The quantitative estimate of drug-likeness (QED) is 0.911. The lowest BCUT2D eigenvalue weighted by Gasteiger charge is -2.37. The number of ether oxygens (including phenoxy) is 1. The molecule has 0 radical (unpaired) electrons. The maximum Gasteiger partial charge on any atom is 0.222 e. The summed E-state index contributed by atoms with van der Waals surface area (Å²) in [6, 6.07) is 5.08. The molecule has 2 fully saturated rings. The lowest BCUT2D eigenvalue weighted by atomic mass is 9.96. The average Bonchev–Trinajstić information content (AvgIpc) is 2.63. The molecular weight excluding hydrogens is 311 g/mol. The number of hydrogen-bond donors (Lipinski definition) is 1. The highest BCUT2D eigenvalue weighted by molar-refractivity contribution is 5.76. The van der Waals surface area contributed by atoms with Crippen LogP contribution in [0.4, 0.5) is 10.1 Å². The number of aliphatic hydroxyl groups is 1. The smallest absolute Gasteiger partial charge is 0.222 e. The van der Waals surface area contributed by atoms with Crippen LogP contribution in [0.5, 0.6) is 0 Å². The standard InChI is InChI=1S/C18H25FN2O3/c19-18-15(13-22)2-1-3-16(18)20-6-8-21(9-7-20)17(23)12-14-4-10-24-11-5-14/h1-3,14,22H,4-13H2. The van der Waals surface area contributed by atoms with Gasteiger partial charge in [-0.2, -0.15) is 0 Å². The Kier molecular flexibility index (Phi) is 5.68. The first-order valence-electron chi connectivity index (χ1n) is 8.67. The molecule has 0 saturated carbocycles. The number of carbonyl (C=O) groups is 1. The molecule has 1 amide bonds. The van der Waals surface area contributed by atoms with Gasteiger partial charge in [-0.05, 0) is 24.8 Å². The van der Waals surface area contributed by atoms with Gasteiger partial charge in [0.2, 0.25) is 5.91 Å². The Morgan fingerprint density at radius 2 is 1.92 bits per heavy atom. The van der Waals surface area contributed by atoms with Crippen LogP contribution in [0.1, 0.15) is 24.8 Å². The fraction of sp³-hybridized carbons (Fsp3) is 0.611. The normalized spacial score (nSPS) is 19.6. The van der Waals surface area contributed by atoms with Crippen molar-refractivity contribution in [1.82, 2.24) is 4.90 Å². The zero-order valence-electron chi connectivity index (χ0n) is 13.9. The molecule has 3 rings (SSSR count). The van der Waals surface area contributed by atoms with Gasteiger partial charge < -0.3 is 19.6 Å². The van der Waals surface area contributed by atoms with Crippen LogP contribution in [-0.2, 0) is 16.1 Å². The van der Waals surface area contributed by atoms with Gasteiger partial charge >= 0.3 is 0 Å². The Hall–Kier alpha value is -1.66. The summed E-state index contributed by atoms with van der Waals surface area (Å²) in [4.78, 5) is 16.3. The molecule has 0 atom stereocenters. The number of anilines is 1. The van der Waals surface area contributed by atoms with Gasteiger partial charge in [0.25, 0.3) is 0 Å². The topological polar surface area (TPSA) is 53.0 Å². The molecule has 0 spiro atoms. The lowest BCUT2D eigenvalue weighted by molar-refractivity contribution is -0.133. The third-order valence-electron chi connectivity index (χ3n) is 5.01. The second-order valence-corrected chi connectivity index (χ2v) is 6.54. The van der Waals surface area contributed by atoms with E-state index in [1.54, 1.807) is 18.2 Å². The largest absolute Gasteiger partial charge is 0.392 e. The van der Waals surface area contributed by atoms with Crippen molar-refractivity contribution >= 4 is 11.6 Å². The van der Waals surface area contributed by atoms with Crippen LogP contribution in [0.25, 0.3) is 0 Å². The number of aliphatic hydroxyl groups excluding tert-OH is 1. The van der Waals surface area contributed by atoms with Crippen LogP contribution in [0.3, 0.4) is 0 Å². The molecule has 0 aromatic heterocycles. The van der Waals surface area contributed by atoms with Crippen LogP contribution >= 0.6 is 0 Å². The zero-order valence-corrected chi connectivity index (χ0v) is 13.9. The fourth-order valence-electron chi connectivity index (χ4n) is 3.46. The third kappa shape index (κ3) is 3.87. The summed E-state index contributed by atoms with van der Waals surface area (Å²) < 4.78 is 19.7. The van der Waals surface area contributed by atoms with E-state index in [0.717, 1.165) is 26.1 Å². The molecule has 0 unspecified atom stereocenters. The minimum atomic E-state index is -0.359. The number of carbonyl (C=O) groups excluding carboxylic acids is 1. The van der Waals surface area contributed by atoms with E-state index in [4.69, 9.17) is 4.74 Å². The summed E-state index contributed by atoms with van der Waals surface area (Å²) >= 11 is 0. The van der Waals surface area contributed by atoms with Crippen LogP contribution in [0.2, 0.25) is 0 Å². The number of benzene rings is 1. The van der Waals surface area contributed by atoms with E-state index in [2.05, 4.69) is 0 Å². The minimum absolute atomic E-state index is 0.200. The predicted octanol–water partition coefficient (Wildman–Crippen LogP) is 1.78. The van der Waals surface area contributed by atoms with E-state index < -0.39 is 0 Å². The first-order chi connectivity index (χ1) is 11.7. The highest BCUT2D eigenvalue weighted by Crippen LogP contribution is 2.25. The Morgan fingerprint density at radius 1 is 1.21 bits per heavy atom. The van der Waals surface area contributed by atoms with Crippen molar-refractivity contribution in [2.24, 2.45) is 5.92 Å². The summed E-state index contributed by atoms with van der Waals surface area (Å²) in [5, 5.41) is 9.19. The third-order valence-corrected chi connectivity index (χ3v) is 5.01. The molecule has 5 nitrogen and oxygen atoms in total. The van der Waals surface area contributed by atoms with Crippen LogP contribution in [0, 0.1) is 11.7 Å². The molecule has 2 saturated heterocycles. The highest BCUT2D eigenvalue weighted by Gasteiger charge is 2.26. The van der Waals surface area contributed by atoms with Crippen LogP contribution < -0.4 is 4.90 Å². The van der Waals surface area contributed by atoms with Crippen molar-refractivity contribution in [3.05, 3.63) is 29.6 Å². The molecule has 24 heavy (non-hydrogen) atoms. The average molecular weight is 336 g/mol. The van der Waals surface area contributed by atoms with Gasteiger partial charge in [0.15, 0.2) is 5.82 Å². The van der Waals surface area contributed by atoms with E-state index in [-0.39, 0.29) is 18.3 Å². The molecular formula is C18H25FN2O3. The van der Waals surface area contributed by atoms with E-state index >= 15 is 0 Å². The number of hydrogen-bond acceptors (Lipinski definition) is 4. The molecule has 2 aliphatic heterocycles. The molecule has 0 aliphatic carbocycles. The van der Waals surface area contributed by atoms with Gasteiger partial charge in [-0.25, -0.2) is 4.39 Å². The molecule has 2 heterocycles. The van der Waals surface area contributed by atoms with Crippen LogP contribution in [-0.4, -0.2) is 55.3 Å². The van der Waals surface area contributed by atoms with Crippen molar-refractivity contribution in [1.29, 1.82) is 0 Å². The number of nitrogens with zero attached hydrogens (tertiary/aromatic N) is 2. The molecule has 2 aliphatic rings. The lowest BCUT2D eigenvalue weighted by Crippen LogP contribution is -2.49. The SMILES string of the molecule is O=C(CC1CCOCC1)N1CCN(c2cccc(CO)c2F)CC1. The number of rotatable bonds is 4. The van der Waals surface area contributed by atoms with Gasteiger partial charge in [-0.3, -0.25) is 4.79 Å². The Balaban J connectivity index is 1.54. The number of halogens is 1. The molecule has 1 aromatic rings. The van der Waals surface area contributed by atoms with Gasteiger partial charge in [0.1, 0.15) is 0 Å². The van der Waals surface area contributed by atoms with Gasteiger partial charge in [0, 0.05) is 51.4 Å². The Labute approximate surface area is 142 Å².